The van der Waals surface area contributed by atoms with Crippen LogP contribution in [-0.4, -0.2) is 52.2 Å². The second-order valence-electron chi connectivity index (χ2n) is 12.2. The Hall–Kier alpha value is -1.79. The lowest BCUT2D eigenvalue weighted by Crippen LogP contribution is -2.33. The van der Waals surface area contributed by atoms with Gasteiger partial charge >= 0.3 is 0 Å². The third-order valence-corrected chi connectivity index (χ3v) is 17.7. The Morgan fingerprint density at radius 2 is 0.381 bits per heavy atom. The molecule has 0 saturated carbocycles. The molecule has 6 heterocycles. The van der Waals surface area contributed by atoms with Gasteiger partial charge in [-0.2, -0.15) is 0 Å². The van der Waals surface area contributed by atoms with Crippen molar-refractivity contribution in [2.75, 3.05) is 0 Å². The normalized spacial score (nSPS) is 26.3. The first-order chi connectivity index (χ1) is 19.1. The maximum Gasteiger partial charge on any atom is 0.158 e. The third-order valence-electron chi connectivity index (χ3n) is 8.83. The highest BCUT2D eigenvalue weighted by molar-refractivity contribution is 7.99. The standard InChI is InChI=1S/C25H26O11S6/c1-37(26)2-14-16-4-38(27,28)6-18-15(3-37)19-7-39(29,30)5-17(14)21-9-41(33,34)11-23(19)25-13-42(35,36)12-24(21)20(16)8-40(31,32)10-22(18)25/h1-13H2. The van der Waals surface area contributed by atoms with Crippen molar-refractivity contribution in [3.63, 3.8) is 0 Å². The molecule has 8 rings (SSSR count). The molecule has 42 heavy (non-hydrogen) atoms. The molecular formula is C25H26O11S6. The van der Waals surface area contributed by atoms with E-state index in [-0.39, 0.29) is 66.8 Å². The van der Waals surface area contributed by atoms with Gasteiger partial charge in [0.05, 0.1) is 57.5 Å². The number of hydrogen-bond acceptors (Lipinski definition) is 11. The predicted octanol–water partition coefficient (Wildman–Crippen LogP) is 0.245. The first-order valence-electron chi connectivity index (χ1n) is 12.8. The highest BCUT2D eigenvalue weighted by Crippen LogP contribution is 2.46. The van der Waals surface area contributed by atoms with Crippen molar-refractivity contribution >= 4 is 64.6 Å². The molecular weight excluding hydrogens is 669 g/mol. The zero-order valence-electron chi connectivity index (χ0n) is 22.1. The van der Waals surface area contributed by atoms with E-state index in [9.17, 15) is 46.3 Å². The summed E-state index contributed by atoms with van der Waals surface area (Å²) in [6, 6.07) is 0. The smallest absolute Gasteiger partial charge is 0.158 e. The molecule has 0 amide bonds. The molecule has 2 aromatic rings. The first kappa shape index (κ1) is 29.0. The van der Waals surface area contributed by atoms with Crippen LogP contribution in [-0.2, 0) is 128 Å². The van der Waals surface area contributed by atoms with Crippen LogP contribution in [0.1, 0.15) is 66.8 Å². The van der Waals surface area contributed by atoms with Crippen LogP contribution in [0.5, 0.6) is 0 Å². The van der Waals surface area contributed by atoms with Crippen molar-refractivity contribution < 1.29 is 46.3 Å². The lowest BCUT2D eigenvalue weighted by atomic mass is 9.89. The number of fused-ring (bicyclic) bond motifs is 12. The molecule has 0 radical (unpaired) electrons. The molecule has 228 valence electrons. The first-order valence-corrected chi connectivity index (χ1v) is 24.0. The predicted molar refractivity (Wildman–Crippen MR) is 157 cm³/mol. The van der Waals surface area contributed by atoms with Crippen molar-refractivity contribution in [3.8, 4) is 0 Å². The number of rotatable bonds is 0. The highest BCUT2D eigenvalue weighted by atomic mass is 32.2. The van der Waals surface area contributed by atoms with E-state index < -0.39 is 128 Å². The largest absolute Gasteiger partial charge is 0.267 e. The fraction of sp³-hybridized carbons (Fsp3) is 0.480. The minimum Gasteiger partial charge on any atom is -0.267 e. The van der Waals surface area contributed by atoms with Crippen LogP contribution < -0.4 is 0 Å². The summed E-state index contributed by atoms with van der Waals surface area (Å²) in [5.74, 6) is -4.56. The van der Waals surface area contributed by atoms with Crippen LogP contribution in [0.4, 0.5) is 0 Å². The molecule has 0 fully saturated rings. The van der Waals surface area contributed by atoms with E-state index in [4.69, 9.17) is 0 Å². The lowest BCUT2D eigenvalue weighted by Gasteiger charge is -2.35. The minimum atomic E-state index is -4.09. The summed E-state index contributed by atoms with van der Waals surface area (Å²) < 4.78 is 153. The maximum atomic E-state index is 14.3. The summed E-state index contributed by atoms with van der Waals surface area (Å²) in [5, 5.41) is 0. The van der Waals surface area contributed by atoms with Crippen LogP contribution in [0, 0.1) is 0 Å². The zero-order chi connectivity index (χ0) is 30.4. The van der Waals surface area contributed by atoms with Gasteiger partial charge in [-0.25, -0.2) is 42.1 Å². The van der Waals surface area contributed by atoms with Gasteiger partial charge in [0, 0.05) is 11.5 Å². The van der Waals surface area contributed by atoms with Crippen molar-refractivity contribution in [1.29, 1.82) is 0 Å². The number of sulfone groups is 5. The Labute approximate surface area is 245 Å². The molecule has 2 aromatic carbocycles. The molecule has 0 atom stereocenters. The Kier molecular flexibility index (Phi) is 5.84. The molecule has 17 heteroatoms. The second kappa shape index (κ2) is 8.47. The molecule has 12 bridgehead atoms. The van der Waals surface area contributed by atoms with Crippen molar-refractivity contribution in [2.24, 2.45) is 0 Å². The summed E-state index contributed by atoms with van der Waals surface area (Å²) in [5.41, 5.74) is -1.41. The lowest BCUT2D eigenvalue weighted by molar-refractivity contribution is 0.581. The van der Waals surface area contributed by atoms with E-state index in [1.807, 2.05) is 0 Å². The van der Waals surface area contributed by atoms with Crippen LogP contribution in [0.15, 0.2) is 0 Å². The average Bonchev–Trinajstić information content (AvgIpc) is 2.79. The Balaban J connectivity index is 1.92. The van der Waals surface area contributed by atoms with E-state index >= 15 is 0 Å². The topological polar surface area (TPSA) is 188 Å². The van der Waals surface area contributed by atoms with Crippen LogP contribution >= 0.6 is 0 Å². The Morgan fingerprint density at radius 3 is 0.524 bits per heavy atom. The fourth-order valence-electron chi connectivity index (χ4n) is 7.31. The molecule has 6 aliphatic rings. The zero-order valence-corrected chi connectivity index (χ0v) is 27.0. The summed E-state index contributed by atoms with van der Waals surface area (Å²) in [7, 11) is -23.5. The molecule has 0 aromatic heterocycles. The SMILES string of the molecule is C=S1(=O)Cc2c3c4c5c6c2CS(=O)(=O)Cc2c(c(c(c(c2CS(=O)(=O)C6)CS(=O)(=O)C5)CS(=O)(=O)C4)CS(=O)(=O)C3)C1. The molecule has 0 aliphatic carbocycles. The molecule has 0 spiro atoms. The number of hydrogen-bond donors (Lipinski definition) is 0. The van der Waals surface area contributed by atoms with Gasteiger partial charge in [0.15, 0.2) is 49.2 Å². The van der Waals surface area contributed by atoms with Crippen LogP contribution in [0.3, 0.4) is 0 Å². The van der Waals surface area contributed by atoms with Gasteiger partial charge in [0.1, 0.15) is 0 Å². The highest BCUT2D eigenvalue weighted by Gasteiger charge is 2.43. The summed E-state index contributed by atoms with van der Waals surface area (Å²) >= 11 is 0. The van der Waals surface area contributed by atoms with E-state index in [1.54, 1.807) is 0 Å². The van der Waals surface area contributed by atoms with Gasteiger partial charge in [-0.3, -0.25) is 4.21 Å². The van der Waals surface area contributed by atoms with Gasteiger partial charge < -0.3 is 0 Å². The van der Waals surface area contributed by atoms with E-state index in [2.05, 4.69) is 5.87 Å². The van der Waals surface area contributed by atoms with E-state index in [0.717, 1.165) is 0 Å². The average molecular weight is 695 g/mol. The summed E-state index contributed by atoms with van der Waals surface area (Å²) in [6.45, 7) is 0. The van der Waals surface area contributed by atoms with Gasteiger partial charge in [-0.15, -0.1) is 0 Å². The molecule has 0 saturated heterocycles. The monoisotopic (exact) mass is 694 g/mol. The summed E-state index contributed by atoms with van der Waals surface area (Å²) in [6.07, 6.45) is 0. The minimum absolute atomic E-state index is 0.0131. The van der Waals surface area contributed by atoms with Gasteiger partial charge in [-0.05, 0) is 82.2 Å². The molecule has 11 nitrogen and oxygen atoms in total. The quantitative estimate of drug-likeness (QED) is 0.344. The Bertz CT molecular complexity index is 1760. The van der Waals surface area contributed by atoms with Gasteiger partial charge in [0.2, 0.25) is 0 Å². The van der Waals surface area contributed by atoms with E-state index in [1.165, 1.54) is 0 Å². The van der Waals surface area contributed by atoms with Crippen LogP contribution in [0.25, 0.3) is 0 Å². The van der Waals surface area contributed by atoms with Crippen molar-refractivity contribution in [3.05, 3.63) is 66.8 Å². The van der Waals surface area contributed by atoms with Crippen molar-refractivity contribution in [2.45, 2.75) is 69.0 Å². The molecule has 0 N–H and O–H groups in total. The fourth-order valence-corrected chi connectivity index (χ4v) is 17.6. The maximum absolute atomic E-state index is 14.3. The van der Waals surface area contributed by atoms with Gasteiger partial charge in [0.25, 0.3) is 0 Å². The second-order valence-corrected chi connectivity index (χ2v) is 25.0. The number of benzene rings is 2. The molecule has 0 unspecified atom stereocenters. The van der Waals surface area contributed by atoms with E-state index in [0.29, 0.717) is 0 Å². The van der Waals surface area contributed by atoms with Crippen molar-refractivity contribution in [1.82, 2.24) is 0 Å². The molecule has 6 aliphatic heterocycles. The van der Waals surface area contributed by atoms with Gasteiger partial charge in [-0.1, -0.05) is 0 Å². The summed E-state index contributed by atoms with van der Waals surface area (Å²) in [4.78, 5) is 0. The van der Waals surface area contributed by atoms with Crippen LogP contribution in [0.2, 0.25) is 0 Å². The third kappa shape index (κ3) is 4.69. The Morgan fingerprint density at radius 1 is 0.262 bits per heavy atom.